The molecule has 3 N–H and O–H groups in total. The first kappa shape index (κ1) is 100. The molecule has 0 spiro atoms. The molecule has 19 heteroatoms. The highest BCUT2D eigenvalue weighted by atomic mass is 31.2. The fourth-order valence-electron chi connectivity index (χ4n) is 12.9. The van der Waals surface area contributed by atoms with Gasteiger partial charge in [-0.05, 0) is 37.5 Å². The van der Waals surface area contributed by atoms with Gasteiger partial charge >= 0.3 is 39.5 Å². The molecule has 102 heavy (non-hydrogen) atoms. The molecule has 2 unspecified atom stereocenters. The van der Waals surface area contributed by atoms with Crippen LogP contribution in [0.25, 0.3) is 0 Å². The second kappa shape index (κ2) is 74.5. The number of ether oxygens (including phenoxy) is 4. The van der Waals surface area contributed by atoms with Crippen molar-refractivity contribution in [3.05, 3.63) is 0 Å². The number of rotatable bonds is 82. The number of aliphatic hydroxyl groups excluding tert-OH is 1. The number of aliphatic hydroxyl groups is 1. The van der Waals surface area contributed by atoms with E-state index in [9.17, 15) is 43.2 Å². The highest BCUT2D eigenvalue weighted by molar-refractivity contribution is 7.47. The van der Waals surface area contributed by atoms with Gasteiger partial charge in [0, 0.05) is 25.7 Å². The lowest BCUT2D eigenvalue weighted by Gasteiger charge is -2.21. The van der Waals surface area contributed by atoms with Crippen molar-refractivity contribution >= 4 is 39.5 Å². The first-order valence-electron chi connectivity index (χ1n) is 43.0. The normalized spacial score (nSPS) is 13.9. The van der Waals surface area contributed by atoms with Gasteiger partial charge in [-0.2, -0.15) is 0 Å². The van der Waals surface area contributed by atoms with Crippen molar-refractivity contribution in [3.8, 4) is 0 Å². The predicted molar refractivity (Wildman–Crippen MR) is 418 cm³/mol. The zero-order valence-electron chi connectivity index (χ0n) is 66.9. The van der Waals surface area contributed by atoms with Gasteiger partial charge in [-0.1, -0.05) is 388 Å². The van der Waals surface area contributed by atoms with Crippen LogP contribution in [-0.4, -0.2) is 96.7 Å². The van der Waals surface area contributed by atoms with E-state index in [1.165, 1.54) is 257 Å². The Morgan fingerprint density at radius 3 is 0.667 bits per heavy atom. The van der Waals surface area contributed by atoms with Crippen LogP contribution in [0.3, 0.4) is 0 Å². The summed E-state index contributed by atoms with van der Waals surface area (Å²) < 4.78 is 68.8. The number of carbonyl (C=O) groups is 4. The molecule has 5 atom stereocenters. The molecule has 0 saturated carbocycles. The minimum absolute atomic E-state index is 0.106. The van der Waals surface area contributed by atoms with Crippen LogP contribution in [0.2, 0.25) is 0 Å². The van der Waals surface area contributed by atoms with Crippen molar-refractivity contribution in [2.24, 2.45) is 11.8 Å². The molecular weight excluding hydrogens is 1330 g/mol. The fraction of sp³-hybridized carbons (Fsp3) is 0.952. The second-order valence-corrected chi connectivity index (χ2v) is 33.7. The van der Waals surface area contributed by atoms with Crippen molar-refractivity contribution in [1.82, 2.24) is 0 Å². The molecule has 0 rings (SSSR count). The molecule has 17 nitrogen and oxygen atoms in total. The maximum atomic E-state index is 13.1. The maximum absolute atomic E-state index is 13.1. The Balaban J connectivity index is 5.24. The first-order chi connectivity index (χ1) is 49.4. The smallest absolute Gasteiger partial charge is 0.462 e. The van der Waals surface area contributed by atoms with Gasteiger partial charge in [-0.25, -0.2) is 9.13 Å². The summed E-state index contributed by atoms with van der Waals surface area (Å²) in [4.78, 5) is 73.1. The third kappa shape index (κ3) is 76.3. The van der Waals surface area contributed by atoms with E-state index in [0.29, 0.717) is 25.7 Å². The van der Waals surface area contributed by atoms with Gasteiger partial charge in [0.15, 0.2) is 12.2 Å². The van der Waals surface area contributed by atoms with Crippen LogP contribution in [-0.2, 0) is 65.4 Å². The summed E-state index contributed by atoms with van der Waals surface area (Å²) in [6, 6.07) is 0. The van der Waals surface area contributed by atoms with E-state index in [0.717, 1.165) is 102 Å². The van der Waals surface area contributed by atoms with Gasteiger partial charge in [0.1, 0.15) is 19.3 Å². The minimum Gasteiger partial charge on any atom is -0.462 e. The standard InChI is InChI=1S/C83H162O17P2/c1-7-9-11-13-15-17-19-21-23-25-26-27-29-31-33-35-42-49-55-61-67-82(87)99-78(71-93-80(85)65-59-53-47-41-34-32-30-28-24-22-20-18-16-14-12-10-8-2)73-97-101(89,90)95-69-77(84)70-96-102(91,92)98-74-79(72-94-81(86)66-60-54-48-44-38-40-46-52-58-64-76(5)6)100-83(88)68-62-56-50-43-37-36-39-45-51-57-63-75(3)4/h75-79,84H,7-74H2,1-6H3,(H,89,90)(H,91,92)/t77-,78-,79-/m1/s1. The number of carbonyl (C=O) groups excluding carboxylic acids is 4. The third-order valence-electron chi connectivity index (χ3n) is 19.5. The zero-order valence-corrected chi connectivity index (χ0v) is 68.7. The van der Waals surface area contributed by atoms with Crippen molar-refractivity contribution in [1.29, 1.82) is 0 Å². The van der Waals surface area contributed by atoms with E-state index < -0.39 is 97.5 Å². The molecule has 0 aromatic carbocycles. The van der Waals surface area contributed by atoms with E-state index in [4.69, 9.17) is 37.0 Å². The molecular formula is C83H162O17P2. The molecule has 0 aromatic heterocycles. The highest BCUT2D eigenvalue weighted by Gasteiger charge is 2.30. The molecule has 0 aliphatic heterocycles. The Hall–Kier alpha value is -1.94. The Labute approximate surface area is 626 Å². The molecule has 0 bridgehead atoms. The van der Waals surface area contributed by atoms with E-state index in [2.05, 4.69) is 41.5 Å². The largest absolute Gasteiger partial charge is 0.472 e. The lowest BCUT2D eigenvalue weighted by atomic mass is 10.0. The summed E-state index contributed by atoms with van der Waals surface area (Å²) in [5.41, 5.74) is 0. The van der Waals surface area contributed by atoms with Crippen LogP contribution in [0, 0.1) is 11.8 Å². The van der Waals surface area contributed by atoms with Gasteiger partial charge in [0.25, 0.3) is 0 Å². The van der Waals surface area contributed by atoms with Crippen molar-refractivity contribution < 1.29 is 80.2 Å². The quantitative estimate of drug-likeness (QED) is 0.0222. The Bertz CT molecular complexity index is 1960. The number of hydrogen-bond donors (Lipinski definition) is 3. The Kier molecular flexibility index (Phi) is 73.1. The van der Waals surface area contributed by atoms with Gasteiger partial charge in [0.2, 0.25) is 0 Å². The average Bonchev–Trinajstić information content (AvgIpc) is 0.981. The number of unbranched alkanes of at least 4 members (excludes halogenated alkanes) is 52. The van der Waals surface area contributed by atoms with Crippen LogP contribution >= 0.6 is 15.6 Å². The Morgan fingerprint density at radius 2 is 0.451 bits per heavy atom. The predicted octanol–water partition coefficient (Wildman–Crippen LogP) is 25.1. The SMILES string of the molecule is CCCCCCCCCCCCCCCCCCCCCCC(=O)O[C@H](COC(=O)CCCCCCCCCCCCCCCCCCC)COP(=O)(O)OC[C@@H](O)COP(=O)(O)OC[C@@H](COC(=O)CCCCCCCCCCCC(C)C)OC(=O)CCCCCCCCCCCCC(C)C. The minimum atomic E-state index is -4.96. The number of esters is 4. The summed E-state index contributed by atoms with van der Waals surface area (Å²) in [7, 11) is -9.92. The van der Waals surface area contributed by atoms with Crippen molar-refractivity contribution in [3.63, 3.8) is 0 Å². The van der Waals surface area contributed by atoms with Crippen molar-refractivity contribution in [2.45, 2.75) is 458 Å². The molecule has 0 aliphatic carbocycles. The lowest BCUT2D eigenvalue weighted by Crippen LogP contribution is -2.30. The van der Waals surface area contributed by atoms with E-state index in [-0.39, 0.29) is 25.7 Å². The van der Waals surface area contributed by atoms with Crippen LogP contribution in [0.1, 0.15) is 440 Å². The van der Waals surface area contributed by atoms with E-state index in [1.54, 1.807) is 0 Å². The topological polar surface area (TPSA) is 237 Å². The van der Waals surface area contributed by atoms with Crippen molar-refractivity contribution in [2.75, 3.05) is 39.6 Å². The number of phosphoric acid groups is 2. The average molecular weight is 1490 g/mol. The van der Waals surface area contributed by atoms with Gasteiger partial charge in [-0.15, -0.1) is 0 Å². The molecule has 606 valence electrons. The van der Waals surface area contributed by atoms with Crippen LogP contribution in [0.5, 0.6) is 0 Å². The third-order valence-corrected chi connectivity index (χ3v) is 21.4. The van der Waals surface area contributed by atoms with Gasteiger partial charge < -0.3 is 33.8 Å². The summed E-state index contributed by atoms with van der Waals surface area (Å²) in [6.45, 7) is 9.62. The molecule has 0 radical (unpaired) electrons. The Morgan fingerprint density at radius 1 is 0.265 bits per heavy atom. The number of hydrogen-bond acceptors (Lipinski definition) is 15. The first-order valence-corrected chi connectivity index (χ1v) is 46.0. The van der Waals surface area contributed by atoms with Crippen LogP contribution in [0.4, 0.5) is 0 Å². The van der Waals surface area contributed by atoms with Crippen LogP contribution in [0.15, 0.2) is 0 Å². The number of phosphoric ester groups is 2. The highest BCUT2D eigenvalue weighted by Crippen LogP contribution is 2.45. The molecule has 0 aliphatic rings. The molecule has 0 fully saturated rings. The molecule has 0 saturated heterocycles. The monoisotopic (exact) mass is 1490 g/mol. The molecule has 0 heterocycles. The second-order valence-electron chi connectivity index (χ2n) is 30.8. The van der Waals surface area contributed by atoms with Gasteiger partial charge in [0.05, 0.1) is 26.4 Å². The zero-order chi connectivity index (χ0) is 74.9. The fourth-order valence-corrected chi connectivity index (χ4v) is 14.5. The summed E-state index contributed by atoms with van der Waals surface area (Å²) in [5.74, 6) is -0.611. The maximum Gasteiger partial charge on any atom is 0.472 e. The molecule has 0 aromatic rings. The lowest BCUT2D eigenvalue weighted by molar-refractivity contribution is -0.161. The summed E-state index contributed by atoms with van der Waals surface area (Å²) in [6.07, 6.45) is 65.3. The summed E-state index contributed by atoms with van der Waals surface area (Å²) >= 11 is 0. The van der Waals surface area contributed by atoms with Gasteiger partial charge in [-0.3, -0.25) is 37.3 Å². The summed E-state index contributed by atoms with van der Waals surface area (Å²) in [5, 5.41) is 10.7. The van der Waals surface area contributed by atoms with E-state index in [1.807, 2.05) is 0 Å². The van der Waals surface area contributed by atoms with Crippen LogP contribution < -0.4 is 0 Å². The van der Waals surface area contributed by atoms with E-state index >= 15 is 0 Å². The molecule has 0 amide bonds.